The van der Waals surface area contributed by atoms with Crippen LogP contribution in [0.5, 0.6) is 5.88 Å². The van der Waals surface area contributed by atoms with Crippen LogP contribution >= 0.6 is 11.8 Å². The van der Waals surface area contributed by atoms with E-state index in [1.807, 2.05) is 24.3 Å². The second-order valence-electron chi connectivity index (χ2n) is 7.32. The van der Waals surface area contributed by atoms with Gasteiger partial charge in [0.15, 0.2) is 11.0 Å². The number of nitrogens with zero attached hydrogens (tertiary/aromatic N) is 3. The van der Waals surface area contributed by atoms with E-state index in [0.29, 0.717) is 43.2 Å². The number of thioether (sulfide) groups is 1. The number of hydrogen-bond acceptors (Lipinski definition) is 9. The van der Waals surface area contributed by atoms with Gasteiger partial charge in [0.25, 0.3) is 0 Å². The van der Waals surface area contributed by atoms with Crippen molar-refractivity contribution in [3.63, 3.8) is 0 Å². The van der Waals surface area contributed by atoms with E-state index >= 15 is 0 Å². The Morgan fingerprint density at radius 1 is 1.19 bits per heavy atom. The van der Waals surface area contributed by atoms with Crippen molar-refractivity contribution in [1.82, 2.24) is 9.97 Å². The molecule has 0 saturated heterocycles. The zero-order valence-electron chi connectivity index (χ0n) is 17.9. The first-order valence-electron chi connectivity index (χ1n) is 10.1. The number of methoxy groups -OCH3 is 1. The lowest BCUT2D eigenvalue weighted by molar-refractivity contribution is 0.0536. The SMILES string of the molecule is C.COCCOCCOc1cnc(C(=O)Cc2cccc([C@]3(C)CCSC(N)=N3)c2)cn1. The molecule has 2 aromatic rings. The van der Waals surface area contributed by atoms with Crippen LogP contribution in [0.4, 0.5) is 0 Å². The van der Waals surface area contributed by atoms with Gasteiger partial charge in [-0.15, -0.1) is 0 Å². The van der Waals surface area contributed by atoms with E-state index in [1.165, 1.54) is 12.4 Å². The summed E-state index contributed by atoms with van der Waals surface area (Å²) in [6.45, 7) is 3.91. The number of hydrogen-bond donors (Lipinski definition) is 1. The van der Waals surface area contributed by atoms with Gasteiger partial charge in [-0.05, 0) is 24.5 Å². The molecule has 0 bridgehead atoms. The average molecular weight is 461 g/mol. The lowest BCUT2D eigenvalue weighted by Gasteiger charge is -2.30. The second-order valence-corrected chi connectivity index (χ2v) is 8.43. The first-order valence-corrected chi connectivity index (χ1v) is 11.1. The van der Waals surface area contributed by atoms with Crippen LogP contribution in [-0.2, 0) is 21.4 Å². The van der Waals surface area contributed by atoms with Gasteiger partial charge in [-0.1, -0.05) is 43.5 Å². The fraction of sp³-hybridized carbons (Fsp3) is 0.478. The first kappa shape index (κ1) is 25.8. The third-order valence-electron chi connectivity index (χ3n) is 4.93. The molecule has 0 fully saturated rings. The van der Waals surface area contributed by atoms with Gasteiger partial charge in [-0.25, -0.2) is 9.97 Å². The highest BCUT2D eigenvalue weighted by molar-refractivity contribution is 8.13. The number of carbonyl (C=O) groups excluding carboxylic acids is 1. The lowest BCUT2D eigenvalue weighted by atomic mass is 9.88. The summed E-state index contributed by atoms with van der Waals surface area (Å²) in [7, 11) is 1.62. The van der Waals surface area contributed by atoms with E-state index in [0.717, 1.165) is 23.3 Å². The van der Waals surface area contributed by atoms with Crippen LogP contribution in [0, 0.1) is 0 Å². The van der Waals surface area contributed by atoms with Crippen LogP contribution in [0.3, 0.4) is 0 Å². The summed E-state index contributed by atoms with van der Waals surface area (Å²) in [5.41, 5.74) is 7.84. The molecule has 174 valence electrons. The number of ether oxygens (including phenoxy) is 3. The number of Topliss-reactive ketones (excluding diaryl/α,β-unsaturated/α-hetero) is 1. The molecule has 0 saturated carbocycles. The number of aromatic nitrogens is 2. The van der Waals surface area contributed by atoms with Gasteiger partial charge in [-0.2, -0.15) is 0 Å². The van der Waals surface area contributed by atoms with Gasteiger partial charge in [0.05, 0.1) is 37.8 Å². The molecule has 0 unspecified atom stereocenters. The van der Waals surface area contributed by atoms with Crippen molar-refractivity contribution >= 4 is 22.7 Å². The van der Waals surface area contributed by atoms with Crippen molar-refractivity contribution < 1.29 is 19.0 Å². The Labute approximate surface area is 194 Å². The fourth-order valence-electron chi connectivity index (χ4n) is 3.17. The quantitative estimate of drug-likeness (QED) is 0.402. The number of ketones is 1. The van der Waals surface area contributed by atoms with Crippen molar-refractivity contribution in [1.29, 1.82) is 0 Å². The van der Waals surface area contributed by atoms with E-state index in [1.54, 1.807) is 18.9 Å². The van der Waals surface area contributed by atoms with Crippen molar-refractivity contribution in [3.05, 3.63) is 53.5 Å². The predicted octanol–water partition coefficient (Wildman–Crippen LogP) is 3.25. The minimum atomic E-state index is -0.361. The Balaban J connectivity index is 0.00000363. The highest BCUT2D eigenvalue weighted by atomic mass is 32.2. The van der Waals surface area contributed by atoms with Crippen LogP contribution in [0.15, 0.2) is 41.7 Å². The molecule has 1 aromatic carbocycles. The molecule has 0 radical (unpaired) electrons. The molecule has 1 aliphatic heterocycles. The molecule has 9 heteroatoms. The Morgan fingerprint density at radius 2 is 2.00 bits per heavy atom. The van der Waals surface area contributed by atoms with Crippen LogP contribution < -0.4 is 10.5 Å². The Kier molecular flexibility index (Phi) is 10.1. The van der Waals surface area contributed by atoms with E-state index in [9.17, 15) is 4.79 Å². The number of carbonyl (C=O) groups is 1. The minimum absolute atomic E-state index is 0. The topological polar surface area (TPSA) is 109 Å². The maximum Gasteiger partial charge on any atom is 0.232 e. The molecule has 1 aromatic heterocycles. The third kappa shape index (κ3) is 7.29. The number of benzene rings is 1. The second kappa shape index (κ2) is 12.5. The van der Waals surface area contributed by atoms with Crippen molar-refractivity contribution in [2.45, 2.75) is 32.7 Å². The Bertz CT molecular complexity index is 907. The standard InChI is InChI=1S/C22H28N4O4S.CH4/c1-22(6-11-31-21(23)26-22)17-5-3-4-16(12-17)13-19(27)18-14-25-20(15-24-18)30-10-9-29-8-7-28-2;/h3-5,12,14-15H,6-11,13H2,1-2H3,(H2,23,26);1H4/t22-;/m0./s1. The average Bonchev–Trinajstić information content (AvgIpc) is 2.76. The molecule has 3 rings (SSSR count). The number of rotatable bonds is 11. The molecular formula is C23H32N4O4S. The molecule has 0 amide bonds. The van der Waals surface area contributed by atoms with E-state index in [2.05, 4.69) is 21.9 Å². The first-order chi connectivity index (χ1) is 15.0. The summed E-state index contributed by atoms with van der Waals surface area (Å²) in [5.74, 6) is 1.18. The molecule has 0 aliphatic carbocycles. The third-order valence-corrected chi connectivity index (χ3v) is 5.73. The summed E-state index contributed by atoms with van der Waals surface area (Å²) in [6, 6.07) is 7.95. The number of aliphatic imine (C=N–C) groups is 1. The van der Waals surface area contributed by atoms with Crippen molar-refractivity contribution in [2.75, 3.05) is 39.3 Å². The minimum Gasteiger partial charge on any atom is -0.474 e. The molecule has 2 heterocycles. The zero-order valence-corrected chi connectivity index (χ0v) is 18.7. The van der Waals surface area contributed by atoms with Crippen LogP contribution in [0.25, 0.3) is 0 Å². The van der Waals surface area contributed by atoms with E-state index < -0.39 is 0 Å². The summed E-state index contributed by atoms with van der Waals surface area (Å²) >= 11 is 1.57. The lowest BCUT2D eigenvalue weighted by Crippen LogP contribution is -2.28. The maximum absolute atomic E-state index is 12.7. The maximum atomic E-state index is 12.7. The fourth-order valence-corrected chi connectivity index (χ4v) is 4.15. The molecule has 32 heavy (non-hydrogen) atoms. The molecular weight excluding hydrogens is 428 g/mol. The predicted molar refractivity (Wildman–Crippen MR) is 127 cm³/mol. The highest BCUT2D eigenvalue weighted by Crippen LogP contribution is 2.35. The largest absolute Gasteiger partial charge is 0.474 e. The molecule has 2 N–H and O–H groups in total. The summed E-state index contributed by atoms with van der Waals surface area (Å²) in [6.07, 6.45) is 4.04. The summed E-state index contributed by atoms with van der Waals surface area (Å²) in [5, 5.41) is 0.606. The van der Waals surface area contributed by atoms with Gasteiger partial charge < -0.3 is 19.9 Å². The van der Waals surface area contributed by atoms with Gasteiger partial charge in [-0.3, -0.25) is 9.79 Å². The van der Waals surface area contributed by atoms with Gasteiger partial charge in [0.2, 0.25) is 5.88 Å². The van der Waals surface area contributed by atoms with E-state index in [-0.39, 0.29) is 25.2 Å². The van der Waals surface area contributed by atoms with Crippen LogP contribution in [0.1, 0.15) is 42.4 Å². The van der Waals surface area contributed by atoms with Crippen LogP contribution in [-0.4, -0.2) is 60.2 Å². The van der Waals surface area contributed by atoms with Gasteiger partial charge >= 0.3 is 0 Å². The summed E-state index contributed by atoms with van der Waals surface area (Å²) < 4.78 is 15.7. The molecule has 1 aliphatic rings. The normalized spacial score (nSPS) is 17.9. The number of amidine groups is 1. The summed E-state index contributed by atoms with van der Waals surface area (Å²) in [4.78, 5) is 25.7. The smallest absolute Gasteiger partial charge is 0.232 e. The Hall–Kier alpha value is -2.49. The highest BCUT2D eigenvalue weighted by Gasteiger charge is 2.29. The van der Waals surface area contributed by atoms with Crippen LogP contribution in [0.2, 0.25) is 0 Å². The zero-order chi connectivity index (χ0) is 22.1. The van der Waals surface area contributed by atoms with Gasteiger partial charge in [0.1, 0.15) is 12.3 Å². The monoisotopic (exact) mass is 460 g/mol. The van der Waals surface area contributed by atoms with E-state index in [4.69, 9.17) is 19.9 Å². The molecule has 0 spiro atoms. The number of nitrogens with two attached hydrogens (primary N) is 1. The Morgan fingerprint density at radius 3 is 2.72 bits per heavy atom. The van der Waals surface area contributed by atoms with Gasteiger partial charge in [0, 0.05) is 19.3 Å². The van der Waals surface area contributed by atoms with Crippen molar-refractivity contribution in [3.8, 4) is 5.88 Å². The molecule has 8 nitrogen and oxygen atoms in total. The molecule has 1 atom stereocenters. The van der Waals surface area contributed by atoms with Crippen molar-refractivity contribution in [2.24, 2.45) is 10.7 Å².